The first kappa shape index (κ1) is 12.7. The second-order valence-corrected chi connectivity index (χ2v) is 2.80. The van der Waals surface area contributed by atoms with Gasteiger partial charge in [-0.2, -0.15) is 13.2 Å². The first-order valence-corrected chi connectivity index (χ1v) is 3.83. The van der Waals surface area contributed by atoms with E-state index in [2.05, 4.69) is 0 Å². The van der Waals surface area contributed by atoms with Gasteiger partial charge in [0, 0.05) is 12.5 Å². The number of carbonyl (C=O) groups is 2. The Morgan fingerprint density at radius 3 is 2.29 bits per heavy atom. The van der Waals surface area contributed by atoms with E-state index in [0.717, 1.165) is 0 Å². The molecule has 0 aromatic rings. The van der Waals surface area contributed by atoms with E-state index in [9.17, 15) is 22.8 Å². The van der Waals surface area contributed by atoms with Gasteiger partial charge in [-0.15, -0.1) is 0 Å². The Hall–Kier alpha value is -1.27. The standard InChI is InChI=1S/C7H10F3NO3/c1-4(2-3-5(12)13)11-6(14)7(8,9)10/h4H,2-3H2,1H3,(H,11,14)(H,12,13)/t4-/m0/s1. The molecular weight excluding hydrogens is 203 g/mol. The fourth-order valence-electron chi connectivity index (χ4n) is 0.718. The number of amides is 1. The van der Waals surface area contributed by atoms with E-state index in [-0.39, 0.29) is 12.8 Å². The molecule has 0 bridgehead atoms. The molecule has 0 heterocycles. The molecule has 0 saturated carbocycles. The molecule has 0 aromatic carbocycles. The minimum absolute atomic E-state index is 0.0306. The lowest BCUT2D eigenvalue weighted by Crippen LogP contribution is -2.41. The van der Waals surface area contributed by atoms with E-state index in [4.69, 9.17) is 5.11 Å². The summed E-state index contributed by atoms with van der Waals surface area (Å²) in [5.74, 6) is -3.16. The van der Waals surface area contributed by atoms with Crippen LogP contribution in [0.4, 0.5) is 13.2 Å². The van der Waals surface area contributed by atoms with Crippen molar-refractivity contribution in [3.8, 4) is 0 Å². The molecule has 0 aliphatic carbocycles. The second-order valence-electron chi connectivity index (χ2n) is 2.80. The lowest BCUT2D eigenvalue weighted by molar-refractivity contribution is -0.174. The molecule has 0 radical (unpaired) electrons. The molecule has 0 rings (SSSR count). The molecule has 1 atom stereocenters. The summed E-state index contributed by atoms with van der Waals surface area (Å²) in [7, 11) is 0. The van der Waals surface area contributed by atoms with Crippen LogP contribution in [0.1, 0.15) is 19.8 Å². The molecule has 0 aliphatic heterocycles. The highest BCUT2D eigenvalue weighted by Gasteiger charge is 2.39. The molecular formula is C7H10F3NO3. The van der Waals surface area contributed by atoms with Crippen molar-refractivity contribution in [2.24, 2.45) is 0 Å². The van der Waals surface area contributed by atoms with Crippen LogP contribution in [0.2, 0.25) is 0 Å². The Bertz CT molecular complexity index is 227. The van der Waals surface area contributed by atoms with Gasteiger partial charge in [0.15, 0.2) is 0 Å². The van der Waals surface area contributed by atoms with Crippen molar-refractivity contribution in [1.29, 1.82) is 0 Å². The van der Waals surface area contributed by atoms with E-state index >= 15 is 0 Å². The average molecular weight is 213 g/mol. The summed E-state index contributed by atoms with van der Waals surface area (Å²) >= 11 is 0. The number of hydrogen-bond donors (Lipinski definition) is 2. The van der Waals surface area contributed by atoms with Crippen LogP contribution in [0.3, 0.4) is 0 Å². The number of alkyl halides is 3. The molecule has 0 unspecified atom stereocenters. The largest absolute Gasteiger partial charge is 0.481 e. The predicted octanol–water partition coefficient (Wildman–Crippen LogP) is 0.918. The fraction of sp³-hybridized carbons (Fsp3) is 0.714. The Kier molecular flexibility index (Phi) is 4.39. The van der Waals surface area contributed by atoms with Crippen LogP contribution in [-0.4, -0.2) is 29.2 Å². The summed E-state index contributed by atoms with van der Waals surface area (Å²) in [6, 6.07) is -0.805. The summed E-state index contributed by atoms with van der Waals surface area (Å²) in [4.78, 5) is 20.4. The van der Waals surface area contributed by atoms with Crippen molar-refractivity contribution in [2.75, 3.05) is 0 Å². The van der Waals surface area contributed by atoms with Crippen molar-refractivity contribution < 1.29 is 27.9 Å². The number of hydrogen-bond acceptors (Lipinski definition) is 2. The summed E-state index contributed by atoms with van der Waals surface area (Å²) in [6.45, 7) is 1.31. The quantitative estimate of drug-likeness (QED) is 0.729. The van der Waals surface area contributed by atoms with Gasteiger partial charge in [0.1, 0.15) is 0 Å². The third-order valence-corrected chi connectivity index (χ3v) is 1.43. The van der Waals surface area contributed by atoms with Gasteiger partial charge in [-0.25, -0.2) is 0 Å². The Morgan fingerprint density at radius 2 is 1.93 bits per heavy atom. The topological polar surface area (TPSA) is 66.4 Å². The number of aliphatic carboxylic acids is 1. The molecule has 2 N–H and O–H groups in total. The van der Waals surface area contributed by atoms with Gasteiger partial charge in [-0.05, 0) is 13.3 Å². The van der Waals surface area contributed by atoms with Gasteiger partial charge in [0.25, 0.3) is 0 Å². The summed E-state index contributed by atoms with van der Waals surface area (Å²) in [5, 5.41) is 9.87. The van der Waals surface area contributed by atoms with E-state index < -0.39 is 24.1 Å². The van der Waals surface area contributed by atoms with Crippen molar-refractivity contribution in [3.63, 3.8) is 0 Å². The van der Waals surface area contributed by atoms with Gasteiger partial charge in [0.2, 0.25) is 0 Å². The van der Waals surface area contributed by atoms with Crippen LogP contribution in [0.5, 0.6) is 0 Å². The molecule has 0 spiro atoms. The molecule has 4 nitrogen and oxygen atoms in total. The molecule has 1 amide bonds. The minimum Gasteiger partial charge on any atom is -0.481 e. The van der Waals surface area contributed by atoms with Crippen LogP contribution in [0, 0.1) is 0 Å². The van der Waals surface area contributed by atoms with Gasteiger partial charge < -0.3 is 10.4 Å². The zero-order valence-electron chi connectivity index (χ0n) is 7.39. The summed E-state index contributed by atoms with van der Waals surface area (Å²) < 4.78 is 35.0. The maximum atomic E-state index is 11.7. The van der Waals surface area contributed by atoms with E-state index in [1.54, 1.807) is 5.32 Å². The molecule has 0 saturated heterocycles. The number of nitrogens with one attached hydrogen (secondary N) is 1. The second kappa shape index (κ2) is 4.83. The van der Waals surface area contributed by atoms with Crippen LogP contribution in [-0.2, 0) is 9.59 Å². The maximum Gasteiger partial charge on any atom is 0.471 e. The number of halogens is 3. The fourth-order valence-corrected chi connectivity index (χ4v) is 0.718. The monoisotopic (exact) mass is 213 g/mol. The number of carboxylic acids is 1. The van der Waals surface area contributed by atoms with Crippen molar-refractivity contribution in [1.82, 2.24) is 5.32 Å². The molecule has 0 aliphatic rings. The summed E-state index contributed by atoms with van der Waals surface area (Å²) in [6.07, 6.45) is -5.23. The number of carbonyl (C=O) groups excluding carboxylic acids is 1. The Labute approximate surface area is 78.1 Å². The van der Waals surface area contributed by atoms with Crippen LogP contribution >= 0.6 is 0 Å². The first-order chi connectivity index (χ1) is 6.23. The van der Waals surface area contributed by atoms with E-state index in [1.807, 2.05) is 0 Å². The average Bonchev–Trinajstić information content (AvgIpc) is 1.99. The van der Waals surface area contributed by atoms with Gasteiger partial charge in [-0.3, -0.25) is 9.59 Å². The third-order valence-electron chi connectivity index (χ3n) is 1.43. The normalized spacial score (nSPS) is 13.4. The zero-order valence-corrected chi connectivity index (χ0v) is 7.39. The first-order valence-electron chi connectivity index (χ1n) is 3.83. The van der Waals surface area contributed by atoms with Crippen molar-refractivity contribution in [2.45, 2.75) is 32.0 Å². The minimum atomic E-state index is -4.92. The maximum absolute atomic E-state index is 11.7. The lowest BCUT2D eigenvalue weighted by atomic mass is 10.2. The molecule has 0 fully saturated rings. The van der Waals surface area contributed by atoms with Gasteiger partial charge >= 0.3 is 18.1 Å². The Balaban J connectivity index is 3.89. The molecule has 14 heavy (non-hydrogen) atoms. The van der Waals surface area contributed by atoms with E-state index in [0.29, 0.717) is 0 Å². The zero-order chi connectivity index (χ0) is 11.4. The molecule has 82 valence electrons. The highest BCUT2D eigenvalue weighted by molar-refractivity contribution is 5.81. The van der Waals surface area contributed by atoms with Gasteiger partial charge in [0.05, 0.1) is 0 Å². The van der Waals surface area contributed by atoms with Crippen molar-refractivity contribution in [3.05, 3.63) is 0 Å². The highest BCUT2D eigenvalue weighted by Crippen LogP contribution is 2.14. The summed E-state index contributed by atoms with van der Waals surface area (Å²) in [5.41, 5.74) is 0. The molecule has 7 heteroatoms. The predicted molar refractivity (Wildman–Crippen MR) is 40.5 cm³/mol. The SMILES string of the molecule is C[C@@H](CCC(=O)O)NC(=O)C(F)(F)F. The smallest absolute Gasteiger partial charge is 0.471 e. The van der Waals surface area contributed by atoms with Crippen molar-refractivity contribution >= 4 is 11.9 Å². The van der Waals surface area contributed by atoms with Gasteiger partial charge in [-0.1, -0.05) is 0 Å². The number of carboxylic acid groups (broad SMARTS) is 1. The Morgan fingerprint density at radius 1 is 1.43 bits per heavy atom. The number of rotatable bonds is 4. The molecule has 0 aromatic heterocycles. The van der Waals surface area contributed by atoms with Crippen LogP contribution in [0.15, 0.2) is 0 Å². The highest BCUT2D eigenvalue weighted by atomic mass is 19.4. The van der Waals surface area contributed by atoms with E-state index in [1.165, 1.54) is 6.92 Å². The van der Waals surface area contributed by atoms with Crippen LogP contribution < -0.4 is 5.32 Å². The third kappa shape index (κ3) is 5.39. The van der Waals surface area contributed by atoms with Crippen LogP contribution in [0.25, 0.3) is 0 Å². The lowest BCUT2D eigenvalue weighted by Gasteiger charge is -2.13.